The standard InChI is InChI=1S/C6H8Cl2F2O/c7-5(9)2-1-3-6(8,10)4(5)11/h4,11H,1-3H2. The highest BCUT2D eigenvalue weighted by Crippen LogP contribution is 2.45. The van der Waals surface area contributed by atoms with Gasteiger partial charge in [-0.2, -0.15) is 0 Å². The Morgan fingerprint density at radius 3 is 1.82 bits per heavy atom. The summed E-state index contributed by atoms with van der Waals surface area (Å²) in [6.07, 6.45) is -1.81. The minimum absolute atomic E-state index is 0.0614. The molecule has 0 bridgehead atoms. The number of aliphatic hydroxyl groups excluding tert-OH is 1. The van der Waals surface area contributed by atoms with Crippen LogP contribution < -0.4 is 0 Å². The topological polar surface area (TPSA) is 20.2 Å². The van der Waals surface area contributed by atoms with Crippen molar-refractivity contribution in [2.24, 2.45) is 0 Å². The lowest BCUT2D eigenvalue weighted by molar-refractivity contribution is -0.0590. The van der Waals surface area contributed by atoms with E-state index in [1.807, 2.05) is 0 Å². The van der Waals surface area contributed by atoms with Crippen LogP contribution in [0.2, 0.25) is 0 Å². The van der Waals surface area contributed by atoms with E-state index in [-0.39, 0.29) is 19.3 Å². The fourth-order valence-corrected chi connectivity index (χ4v) is 1.81. The Hall–Kier alpha value is 0.400. The molecule has 1 saturated carbocycles. The highest BCUT2D eigenvalue weighted by Gasteiger charge is 2.53. The van der Waals surface area contributed by atoms with Crippen LogP contribution in [0.5, 0.6) is 0 Å². The van der Waals surface area contributed by atoms with Crippen molar-refractivity contribution in [3.05, 3.63) is 0 Å². The molecule has 0 spiro atoms. The Balaban J connectivity index is 2.76. The molecule has 1 nitrogen and oxygen atoms in total. The van der Waals surface area contributed by atoms with Crippen LogP contribution in [0.4, 0.5) is 8.78 Å². The minimum Gasteiger partial charge on any atom is -0.384 e. The van der Waals surface area contributed by atoms with Gasteiger partial charge >= 0.3 is 0 Å². The molecule has 1 aliphatic rings. The largest absolute Gasteiger partial charge is 0.384 e. The summed E-state index contributed by atoms with van der Waals surface area (Å²) >= 11 is 10.3. The number of aliphatic hydroxyl groups is 1. The van der Waals surface area contributed by atoms with E-state index < -0.39 is 16.4 Å². The molecular weight excluding hydrogens is 197 g/mol. The SMILES string of the molecule is OC1C(F)(Cl)CCCC1(F)Cl. The first kappa shape index (κ1) is 9.49. The molecule has 2 unspecified atom stereocenters. The van der Waals surface area contributed by atoms with Gasteiger partial charge in [0, 0.05) is 0 Å². The molecule has 0 aliphatic heterocycles. The van der Waals surface area contributed by atoms with Crippen LogP contribution in [-0.4, -0.2) is 21.5 Å². The summed E-state index contributed by atoms with van der Waals surface area (Å²) in [4.78, 5) is 0. The third kappa shape index (κ3) is 1.76. The van der Waals surface area contributed by atoms with Crippen molar-refractivity contribution in [1.29, 1.82) is 0 Å². The van der Waals surface area contributed by atoms with Gasteiger partial charge in [0.1, 0.15) is 6.10 Å². The number of halogens is 4. The Morgan fingerprint density at radius 2 is 1.55 bits per heavy atom. The number of rotatable bonds is 0. The van der Waals surface area contributed by atoms with Gasteiger partial charge in [-0.05, 0) is 19.3 Å². The van der Waals surface area contributed by atoms with Crippen LogP contribution in [-0.2, 0) is 0 Å². The van der Waals surface area contributed by atoms with E-state index in [1.165, 1.54) is 0 Å². The lowest BCUT2D eigenvalue weighted by atomic mass is 9.93. The van der Waals surface area contributed by atoms with Crippen LogP contribution in [0.1, 0.15) is 19.3 Å². The van der Waals surface area contributed by atoms with Gasteiger partial charge in [0.15, 0.2) is 0 Å². The minimum atomic E-state index is -2.41. The Morgan fingerprint density at radius 1 is 1.18 bits per heavy atom. The molecule has 0 amide bonds. The van der Waals surface area contributed by atoms with Gasteiger partial charge < -0.3 is 5.11 Å². The molecule has 11 heavy (non-hydrogen) atoms. The van der Waals surface area contributed by atoms with E-state index in [1.54, 1.807) is 0 Å². The van der Waals surface area contributed by atoms with Gasteiger partial charge in [-0.25, -0.2) is 8.78 Å². The average Bonchev–Trinajstić information content (AvgIpc) is 1.82. The number of hydrogen-bond acceptors (Lipinski definition) is 1. The van der Waals surface area contributed by atoms with Crippen LogP contribution in [0.25, 0.3) is 0 Å². The summed E-state index contributed by atoms with van der Waals surface area (Å²) in [5.41, 5.74) is 0. The fourth-order valence-electron chi connectivity index (χ4n) is 1.14. The van der Waals surface area contributed by atoms with E-state index in [0.29, 0.717) is 0 Å². The van der Waals surface area contributed by atoms with Gasteiger partial charge in [0.25, 0.3) is 0 Å². The average molecular weight is 205 g/mol. The predicted octanol–water partition coefficient (Wildman–Crippen LogP) is 2.34. The third-order valence-electron chi connectivity index (χ3n) is 1.82. The van der Waals surface area contributed by atoms with Gasteiger partial charge in [0.2, 0.25) is 10.3 Å². The molecule has 5 heteroatoms. The summed E-state index contributed by atoms with van der Waals surface area (Å²) in [6, 6.07) is 0. The molecule has 2 atom stereocenters. The van der Waals surface area contributed by atoms with Crippen LogP contribution in [0.15, 0.2) is 0 Å². The third-order valence-corrected chi connectivity index (χ3v) is 2.61. The molecule has 0 aromatic rings. The van der Waals surface area contributed by atoms with Crippen molar-refractivity contribution in [2.45, 2.75) is 35.6 Å². The Bertz CT molecular complexity index is 145. The van der Waals surface area contributed by atoms with Crippen LogP contribution in [0, 0.1) is 0 Å². The molecule has 1 aliphatic carbocycles. The molecule has 1 rings (SSSR count). The summed E-state index contributed by atoms with van der Waals surface area (Å²) < 4.78 is 25.9. The summed E-state index contributed by atoms with van der Waals surface area (Å²) in [7, 11) is 0. The van der Waals surface area contributed by atoms with Crippen LogP contribution >= 0.6 is 23.2 Å². The first-order valence-electron chi connectivity index (χ1n) is 3.30. The smallest absolute Gasteiger partial charge is 0.213 e. The van der Waals surface area contributed by atoms with Crippen molar-refractivity contribution in [3.8, 4) is 0 Å². The maximum Gasteiger partial charge on any atom is 0.213 e. The van der Waals surface area contributed by atoms with Crippen molar-refractivity contribution in [3.63, 3.8) is 0 Å². The second kappa shape index (κ2) is 2.71. The normalized spacial score (nSPS) is 52.6. The Kier molecular flexibility index (Phi) is 2.34. The van der Waals surface area contributed by atoms with E-state index in [0.717, 1.165) is 0 Å². The predicted molar refractivity (Wildman–Crippen MR) is 39.2 cm³/mol. The number of hydrogen-bond donors (Lipinski definition) is 1. The maximum absolute atomic E-state index is 13.0. The monoisotopic (exact) mass is 204 g/mol. The summed E-state index contributed by atoms with van der Waals surface area (Å²) in [5.74, 6) is 0. The molecular formula is C6H8Cl2F2O. The highest BCUT2D eigenvalue weighted by atomic mass is 35.5. The highest BCUT2D eigenvalue weighted by molar-refractivity contribution is 6.27. The second-order valence-electron chi connectivity index (χ2n) is 2.78. The van der Waals surface area contributed by atoms with Gasteiger partial charge in [-0.3, -0.25) is 0 Å². The molecule has 1 fully saturated rings. The first-order valence-corrected chi connectivity index (χ1v) is 4.05. The zero-order valence-corrected chi connectivity index (χ0v) is 7.17. The van der Waals surface area contributed by atoms with Crippen LogP contribution in [0.3, 0.4) is 0 Å². The first-order chi connectivity index (χ1) is 4.86. The quantitative estimate of drug-likeness (QED) is 0.601. The Labute approximate surface area is 73.3 Å². The van der Waals surface area contributed by atoms with Crippen molar-refractivity contribution < 1.29 is 13.9 Å². The summed E-state index contributed by atoms with van der Waals surface area (Å²) in [6.45, 7) is 0. The second-order valence-corrected chi connectivity index (χ2v) is 4.03. The zero-order chi connectivity index (χ0) is 8.70. The van der Waals surface area contributed by atoms with E-state index in [4.69, 9.17) is 28.3 Å². The molecule has 1 N–H and O–H groups in total. The van der Waals surface area contributed by atoms with E-state index >= 15 is 0 Å². The number of alkyl halides is 4. The van der Waals surface area contributed by atoms with E-state index in [9.17, 15) is 8.78 Å². The van der Waals surface area contributed by atoms with E-state index in [2.05, 4.69) is 0 Å². The molecule has 0 saturated heterocycles. The molecule has 0 aromatic heterocycles. The molecule has 0 heterocycles. The van der Waals surface area contributed by atoms with Crippen molar-refractivity contribution in [2.75, 3.05) is 0 Å². The molecule has 0 aromatic carbocycles. The maximum atomic E-state index is 13.0. The lowest BCUT2D eigenvalue weighted by Crippen LogP contribution is -2.49. The molecule has 66 valence electrons. The fraction of sp³-hybridized carbons (Fsp3) is 1.00. The van der Waals surface area contributed by atoms with Gasteiger partial charge in [-0.15, -0.1) is 0 Å². The molecule has 0 radical (unpaired) electrons. The zero-order valence-electron chi connectivity index (χ0n) is 5.66. The summed E-state index contributed by atoms with van der Waals surface area (Å²) in [5, 5.41) is 4.13. The van der Waals surface area contributed by atoms with Gasteiger partial charge in [-0.1, -0.05) is 23.2 Å². The lowest BCUT2D eigenvalue weighted by Gasteiger charge is -2.36. The van der Waals surface area contributed by atoms with Crippen molar-refractivity contribution in [1.82, 2.24) is 0 Å². The van der Waals surface area contributed by atoms with Gasteiger partial charge in [0.05, 0.1) is 0 Å². The van der Waals surface area contributed by atoms with Crippen molar-refractivity contribution >= 4 is 23.2 Å².